The molecule has 1 aromatic heterocycles. The molecule has 1 N–H and O–H groups in total. The number of amides is 3. The molecule has 7 rings (SSSR count). The fraction of sp³-hybridized carbons (Fsp3) is 0.455. The van der Waals surface area contributed by atoms with Crippen molar-refractivity contribution in [2.75, 3.05) is 73.0 Å². The molecule has 0 aliphatic carbocycles. The maximum absolute atomic E-state index is 14.4. The first-order valence-electron chi connectivity index (χ1n) is 15.9. The first-order valence-corrected chi connectivity index (χ1v) is 15.9. The highest BCUT2D eigenvalue weighted by Gasteiger charge is 2.48. The molecule has 4 aliphatic rings. The van der Waals surface area contributed by atoms with Crippen molar-refractivity contribution in [2.24, 2.45) is 0 Å². The van der Waals surface area contributed by atoms with Crippen molar-refractivity contribution in [1.82, 2.24) is 19.8 Å². The molecule has 11 nitrogen and oxygen atoms in total. The number of urea groups is 1. The second-order valence-corrected chi connectivity index (χ2v) is 12.6. The number of rotatable bonds is 5. The molecular formula is C33H37F3N8O3. The normalized spacial score (nSPS) is 21.9. The van der Waals surface area contributed by atoms with Gasteiger partial charge in [-0.2, -0.15) is 18.2 Å². The number of hydrogen-bond donors (Lipinski definition) is 1. The Morgan fingerprint density at radius 3 is 2.49 bits per heavy atom. The van der Waals surface area contributed by atoms with E-state index in [4.69, 9.17) is 9.72 Å². The molecule has 4 aliphatic heterocycles. The van der Waals surface area contributed by atoms with E-state index in [1.165, 1.54) is 0 Å². The van der Waals surface area contributed by atoms with Gasteiger partial charge in [0.1, 0.15) is 5.82 Å². The number of aryl methyl sites for hydroxylation is 1. The van der Waals surface area contributed by atoms with Gasteiger partial charge in [0, 0.05) is 62.5 Å². The minimum Gasteiger partial charge on any atom is -0.379 e. The van der Waals surface area contributed by atoms with Crippen LogP contribution in [0.15, 0.2) is 48.7 Å². The van der Waals surface area contributed by atoms with E-state index in [-0.39, 0.29) is 37.3 Å². The molecule has 0 radical (unpaired) electrons. The first-order chi connectivity index (χ1) is 22.6. The highest BCUT2D eigenvalue weighted by molar-refractivity contribution is 6.00. The highest BCUT2D eigenvalue weighted by atomic mass is 19.4. The molecule has 0 spiro atoms. The molecule has 2 fully saturated rings. The number of anilines is 5. The number of carbonyl (C=O) groups excluding carboxylic acids is 2. The number of carbonyl (C=O) groups is 2. The zero-order valence-electron chi connectivity index (χ0n) is 26.3. The van der Waals surface area contributed by atoms with Crippen molar-refractivity contribution in [2.45, 2.75) is 44.6 Å². The van der Waals surface area contributed by atoms with Crippen LogP contribution in [0.2, 0.25) is 0 Å². The van der Waals surface area contributed by atoms with Crippen molar-refractivity contribution in [3.8, 4) is 0 Å². The predicted molar refractivity (Wildman–Crippen MR) is 171 cm³/mol. The zero-order valence-corrected chi connectivity index (χ0v) is 26.3. The largest absolute Gasteiger partial charge is 0.471 e. The summed E-state index contributed by atoms with van der Waals surface area (Å²) >= 11 is 0. The minimum atomic E-state index is -5.01. The fourth-order valence-electron chi connectivity index (χ4n) is 7.02. The van der Waals surface area contributed by atoms with Gasteiger partial charge >= 0.3 is 18.1 Å². The van der Waals surface area contributed by atoms with Gasteiger partial charge in [-0.25, -0.2) is 9.78 Å². The van der Waals surface area contributed by atoms with E-state index in [9.17, 15) is 22.8 Å². The Labute approximate surface area is 270 Å². The summed E-state index contributed by atoms with van der Waals surface area (Å²) in [6.07, 6.45) is -2.54. The number of aromatic nitrogens is 2. The van der Waals surface area contributed by atoms with E-state index >= 15 is 0 Å². The molecule has 0 saturated carbocycles. The SMILES string of the molecule is Cc1cccc2c1N(C(=O)C(F)(F)F)CC[C@@H]2N1Cc2cnc(Nc3ccc(N4CCN(C)CC4)cc3)nc2N(C2CCOC2)C1=O. The Hall–Kier alpha value is -4.43. The maximum Gasteiger partial charge on any atom is 0.471 e. The number of halogens is 3. The number of piperazine rings is 1. The molecular weight excluding hydrogens is 613 g/mol. The van der Waals surface area contributed by atoms with Crippen LogP contribution in [0.5, 0.6) is 0 Å². The average molecular weight is 651 g/mol. The van der Waals surface area contributed by atoms with Crippen LogP contribution in [0.25, 0.3) is 0 Å². The zero-order chi connectivity index (χ0) is 32.9. The number of para-hydroxylation sites is 1. The van der Waals surface area contributed by atoms with Gasteiger partial charge in [0.2, 0.25) is 5.95 Å². The smallest absolute Gasteiger partial charge is 0.379 e. The number of hydrogen-bond acceptors (Lipinski definition) is 8. The number of nitrogens with zero attached hydrogens (tertiary/aromatic N) is 7. The van der Waals surface area contributed by atoms with Crippen LogP contribution >= 0.6 is 0 Å². The molecule has 47 heavy (non-hydrogen) atoms. The topological polar surface area (TPSA) is 97.4 Å². The van der Waals surface area contributed by atoms with Gasteiger partial charge < -0.3 is 29.7 Å². The summed E-state index contributed by atoms with van der Waals surface area (Å²) in [4.78, 5) is 45.0. The summed E-state index contributed by atoms with van der Waals surface area (Å²) in [6, 6.07) is 12.1. The summed E-state index contributed by atoms with van der Waals surface area (Å²) in [6.45, 7) is 6.50. The van der Waals surface area contributed by atoms with Crippen LogP contribution in [0.3, 0.4) is 0 Å². The summed E-state index contributed by atoms with van der Waals surface area (Å²) in [5.41, 5.74) is 3.93. The Bertz CT molecular complexity index is 1660. The number of likely N-dealkylation sites (N-methyl/N-ethyl adjacent to an activating group) is 1. The van der Waals surface area contributed by atoms with Gasteiger partial charge in [0.25, 0.3) is 0 Å². The molecule has 3 aromatic rings. The monoisotopic (exact) mass is 650 g/mol. The van der Waals surface area contributed by atoms with E-state index in [0.29, 0.717) is 42.5 Å². The van der Waals surface area contributed by atoms with Crippen molar-refractivity contribution in [3.63, 3.8) is 0 Å². The number of alkyl halides is 3. The van der Waals surface area contributed by atoms with Crippen LogP contribution in [-0.2, 0) is 16.1 Å². The Morgan fingerprint density at radius 1 is 1.02 bits per heavy atom. The molecule has 248 valence electrons. The quantitative estimate of drug-likeness (QED) is 0.419. The molecule has 1 unspecified atom stereocenters. The average Bonchev–Trinajstić information content (AvgIpc) is 3.59. The van der Waals surface area contributed by atoms with Crippen molar-refractivity contribution in [3.05, 3.63) is 65.4 Å². The Kier molecular flexibility index (Phi) is 8.16. The molecule has 5 heterocycles. The third-order valence-corrected chi connectivity index (χ3v) is 9.51. The van der Waals surface area contributed by atoms with E-state index in [0.717, 1.165) is 48.0 Å². The summed E-state index contributed by atoms with van der Waals surface area (Å²) in [5, 5.41) is 3.28. The lowest BCUT2D eigenvalue weighted by Crippen LogP contribution is -2.55. The van der Waals surface area contributed by atoms with Gasteiger partial charge in [0.15, 0.2) is 0 Å². The lowest BCUT2D eigenvalue weighted by Gasteiger charge is -2.45. The van der Waals surface area contributed by atoms with Crippen molar-refractivity contribution < 1.29 is 27.5 Å². The number of fused-ring (bicyclic) bond motifs is 2. The third kappa shape index (κ3) is 5.95. The van der Waals surface area contributed by atoms with Crippen LogP contribution in [0.4, 0.5) is 46.8 Å². The highest BCUT2D eigenvalue weighted by Crippen LogP contribution is 2.44. The summed E-state index contributed by atoms with van der Waals surface area (Å²) in [7, 11) is 2.13. The molecule has 2 atom stereocenters. The van der Waals surface area contributed by atoms with E-state index < -0.39 is 18.1 Å². The third-order valence-electron chi connectivity index (χ3n) is 9.51. The van der Waals surface area contributed by atoms with Crippen LogP contribution in [0, 0.1) is 6.92 Å². The van der Waals surface area contributed by atoms with Gasteiger partial charge in [-0.05, 0) is 62.2 Å². The summed E-state index contributed by atoms with van der Waals surface area (Å²) < 4.78 is 46.3. The van der Waals surface area contributed by atoms with E-state index in [1.54, 1.807) is 41.1 Å². The molecule has 3 amide bonds. The van der Waals surface area contributed by atoms with Gasteiger partial charge in [-0.1, -0.05) is 18.2 Å². The summed E-state index contributed by atoms with van der Waals surface area (Å²) in [5.74, 6) is -1.07. The first kappa shape index (κ1) is 31.2. The number of nitrogens with one attached hydrogen (secondary N) is 1. The molecule has 2 aromatic carbocycles. The molecule has 14 heteroatoms. The molecule has 0 bridgehead atoms. The van der Waals surface area contributed by atoms with Crippen LogP contribution in [0.1, 0.15) is 35.6 Å². The lowest BCUT2D eigenvalue weighted by molar-refractivity contribution is -0.170. The second-order valence-electron chi connectivity index (χ2n) is 12.6. The van der Waals surface area contributed by atoms with Crippen LogP contribution in [-0.4, -0.2) is 96.9 Å². The predicted octanol–water partition coefficient (Wildman–Crippen LogP) is 4.85. The van der Waals surface area contributed by atoms with E-state index in [2.05, 4.69) is 39.3 Å². The minimum absolute atomic E-state index is 0.152. The lowest BCUT2D eigenvalue weighted by atomic mass is 9.91. The standard InChI is InChI=1S/C33H37F3N8O3/c1-21-4-3-5-26-27(10-12-42(28(21)26)30(45)33(34,35)36)43-19-22-18-37-31(39-29(22)44(32(43)46)25-11-17-47-20-25)38-23-6-8-24(9-7-23)41-15-13-40(2)14-16-41/h3-9,18,25,27H,10-17,19-20H2,1-2H3,(H,37,38,39)/t25?,27-/m0/s1. The molecule has 2 saturated heterocycles. The van der Waals surface area contributed by atoms with Crippen molar-refractivity contribution in [1.29, 1.82) is 0 Å². The Morgan fingerprint density at radius 2 is 1.79 bits per heavy atom. The Balaban J connectivity index is 1.17. The van der Waals surface area contributed by atoms with Gasteiger partial charge in [0.05, 0.1) is 30.9 Å². The van der Waals surface area contributed by atoms with Crippen LogP contribution < -0.4 is 20.0 Å². The maximum atomic E-state index is 14.4. The number of benzene rings is 2. The second kappa shape index (κ2) is 12.3. The van der Waals surface area contributed by atoms with Gasteiger partial charge in [-0.15, -0.1) is 0 Å². The number of ether oxygens (including phenoxy) is 1. The fourth-order valence-corrected chi connectivity index (χ4v) is 7.02. The van der Waals surface area contributed by atoms with Crippen molar-refractivity contribution >= 4 is 40.8 Å². The van der Waals surface area contributed by atoms with E-state index in [1.807, 2.05) is 12.1 Å². The van der Waals surface area contributed by atoms with Gasteiger partial charge in [-0.3, -0.25) is 9.69 Å².